The van der Waals surface area contributed by atoms with Crippen molar-refractivity contribution in [2.75, 3.05) is 0 Å². The fourth-order valence-electron chi connectivity index (χ4n) is 1.52. The Morgan fingerprint density at radius 2 is 1.71 bits per heavy atom. The summed E-state index contributed by atoms with van der Waals surface area (Å²) in [6.07, 6.45) is 0.140. The molecular weight excluding hydrogens is 233 g/mol. The van der Waals surface area contributed by atoms with Crippen LogP contribution >= 0.6 is 0 Å². The van der Waals surface area contributed by atoms with Crippen molar-refractivity contribution in [3.8, 4) is 0 Å². The summed E-state index contributed by atoms with van der Waals surface area (Å²) in [6.45, 7) is 3.11. The van der Waals surface area contributed by atoms with E-state index in [1.54, 1.807) is 13.8 Å². The van der Waals surface area contributed by atoms with Crippen molar-refractivity contribution in [3.05, 3.63) is 35.1 Å². The van der Waals surface area contributed by atoms with Gasteiger partial charge in [0, 0.05) is 0 Å². The molecule has 0 amide bonds. The van der Waals surface area contributed by atoms with E-state index in [-0.39, 0.29) is 12.8 Å². The number of halogens is 3. The van der Waals surface area contributed by atoms with Crippen LogP contribution in [0.4, 0.5) is 13.2 Å². The third kappa shape index (κ3) is 2.34. The molecule has 94 valence electrons. The molecule has 1 N–H and O–H groups in total. The highest BCUT2D eigenvalue weighted by Crippen LogP contribution is 2.24. The van der Waals surface area contributed by atoms with Gasteiger partial charge in [-0.3, -0.25) is 4.79 Å². The third-order valence-electron chi connectivity index (χ3n) is 2.87. The van der Waals surface area contributed by atoms with E-state index in [4.69, 9.17) is 0 Å². The standard InChI is InChI=1S/C12H13F3O2/c1-3-12(17,4-2)11(16)7-5-6-8(13)10(15)9(7)14/h5-6,17H,3-4H2,1-2H3. The predicted molar refractivity (Wildman–Crippen MR) is 56.2 cm³/mol. The van der Waals surface area contributed by atoms with Gasteiger partial charge in [-0.2, -0.15) is 0 Å². The maximum absolute atomic E-state index is 13.4. The van der Waals surface area contributed by atoms with Gasteiger partial charge in [0.05, 0.1) is 5.56 Å². The van der Waals surface area contributed by atoms with E-state index in [9.17, 15) is 23.1 Å². The second kappa shape index (κ2) is 4.87. The van der Waals surface area contributed by atoms with E-state index in [1.807, 2.05) is 0 Å². The molecule has 1 aromatic carbocycles. The first-order valence-corrected chi connectivity index (χ1v) is 5.28. The summed E-state index contributed by atoms with van der Waals surface area (Å²) in [4.78, 5) is 11.8. The molecule has 5 heteroatoms. The van der Waals surface area contributed by atoms with Crippen LogP contribution in [0.1, 0.15) is 37.0 Å². The number of aliphatic hydroxyl groups is 1. The monoisotopic (exact) mass is 246 g/mol. The molecule has 0 aliphatic rings. The number of carbonyl (C=O) groups excluding carboxylic acids is 1. The summed E-state index contributed by atoms with van der Waals surface area (Å²) in [6, 6.07) is 1.50. The topological polar surface area (TPSA) is 37.3 Å². The first-order valence-electron chi connectivity index (χ1n) is 5.28. The van der Waals surface area contributed by atoms with Crippen LogP contribution in [0.15, 0.2) is 12.1 Å². The van der Waals surface area contributed by atoms with Crippen LogP contribution in [0.3, 0.4) is 0 Å². The number of benzene rings is 1. The Morgan fingerprint density at radius 1 is 1.18 bits per heavy atom. The molecule has 1 rings (SSSR count). The average Bonchev–Trinajstić information content (AvgIpc) is 2.34. The van der Waals surface area contributed by atoms with Crippen molar-refractivity contribution in [1.82, 2.24) is 0 Å². The van der Waals surface area contributed by atoms with Crippen LogP contribution in [0.5, 0.6) is 0 Å². The molecule has 0 spiro atoms. The lowest BCUT2D eigenvalue weighted by Gasteiger charge is -2.23. The molecular formula is C12H13F3O2. The minimum Gasteiger partial charge on any atom is -0.382 e. The van der Waals surface area contributed by atoms with Gasteiger partial charge in [-0.05, 0) is 25.0 Å². The Hall–Kier alpha value is -1.36. The Balaban J connectivity index is 3.27. The first kappa shape index (κ1) is 13.7. The van der Waals surface area contributed by atoms with Crippen molar-refractivity contribution in [3.63, 3.8) is 0 Å². The summed E-state index contributed by atoms with van der Waals surface area (Å²) >= 11 is 0. The SMILES string of the molecule is CCC(O)(CC)C(=O)c1ccc(F)c(F)c1F. The molecule has 0 bridgehead atoms. The van der Waals surface area contributed by atoms with Crippen LogP contribution in [0.25, 0.3) is 0 Å². The summed E-state index contributed by atoms with van der Waals surface area (Å²) < 4.78 is 39.0. The Morgan fingerprint density at radius 3 is 2.18 bits per heavy atom. The van der Waals surface area contributed by atoms with Gasteiger partial charge < -0.3 is 5.11 Å². The lowest BCUT2D eigenvalue weighted by molar-refractivity contribution is 0.0272. The van der Waals surface area contributed by atoms with E-state index in [1.165, 1.54) is 0 Å². The van der Waals surface area contributed by atoms with Crippen LogP contribution in [-0.4, -0.2) is 16.5 Å². The molecule has 0 fully saturated rings. The van der Waals surface area contributed by atoms with E-state index >= 15 is 0 Å². The van der Waals surface area contributed by atoms with E-state index in [0.717, 1.165) is 6.07 Å². The predicted octanol–water partition coefficient (Wildman–Crippen LogP) is 2.84. The zero-order valence-corrected chi connectivity index (χ0v) is 9.56. The smallest absolute Gasteiger partial charge is 0.197 e. The minimum atomic E-state index is -1.74. The van der Waals surface area contributed by atoms with Gasteiger partial charge in [0.25, 0.3) is 0 Å². The van der Waals surface area contributed by atoms with Crippen LogP contribution < -0.4 is 0 Å². The fourth-order valence-corrected chi connectivity index (χ4v) is 1.52. The number of hydrogen-bond donors (Lipinski definition) is 1. The molecule has 2 nitrogen and oxygen atoms in total. The summed E-state index contributed by atoms with van der Waals surface area (Å²) in [5.74, 6) is -5.56. The van der Waals surface area contributed by atoms with Gasteiger partial charge in [-0.15, -0.1) is 0 Å². The van der Waals surface area contributed by atoms with Gasteiger partial charge in [0.15, 0.2) is 23.2 Å². The molecule has 0 aliphatic carbocycles. The molecule has 0 radical (unpaired) electrons. The molecule has 0 aliphatic heterocycles. The Labute approximate surface area is 97.1 Å². The van der Waals surface area contributed by atoms with E-state index < -0.39 is 34.4 Å². The maximum atomic E-state index is 13.4. The van der Waals surface area contributed by atoms with Gasteiger partial charge in [-0.1, -0.05) is 13.8 Å². The molecule has 0 unspecified atom stereocenters. The normalized spacial score (nSPS) is 11.6. The van der Waals surface area contributed by atoms with Gasteiger partial charge in [0.2, 0.25) is 0 Å². The van der Waals surface area contributed by atoms with Crippen molar-refractivity contribution >= 4 is 5.78 Å². The fraction of sp³-hybridized carbons (Fsp3) is 0.417. The van der Waals surface area contributed by atoms with Crippen molar-refractivity contribution in [2.24, 2.45) is 0 Å². The largest absolute Gasteiger partial charge is 0.382 e. The number of Topliss-reactive ketones (excluding diaryl/α,β-unsaturated/α-hetero) is 1. The Bertz CT molecular complexity index is 440. The Kier molecular flexibility index (Phi) is 3.93. The number of rotatable bonds is 4. The van der Waals surface area contributed by atoms with Crippen molar-refractivity contribution < 1.29 is 23.1 Å². The number of carbonyl (C=O) groups is 1. The molecule has 0 saturated heterocycles. The number of ketones is 1. The van der Waals surface area contributed by atoms with Crippen LogP contribution in [0.2, 0.25) is 0 Å². The second-order valence-electron chi connectivity index (χ2n) is 3.79. The molecule has 0 heterocycles. The molecule has 0 atom stereocenters. The first-order chi connectivity index (χ1) is 7.87. The van der Waals surface area contributed by atoms with Crippen LogP contribution in [-0.2, 0) is 0 Å². The molecule has 1 aromatic rings. The van der Waals surface area contributed by atoms with Crippen LogP contribution in [0, 0.1) is 17.5 Å². The zero-order chi connectivity index (χ0) is 13.2. The highest BCUT2D eigenvalue weighted by atomic mass is 19.2. The van der Waals surface area contributed by atoms with Crippen molar-refractivity contribution in [2.45, 2.75) is 32.3 Å². The summed E-state index contributed by atoms with van der Waals surface area (Å²) in [7, 11) is 0. The maximum Gasteiger partial charge on any atom is 0.197 e. The third-order valence-corrected chi connectivity index (χ3v) is 2.87. The molecule has 0 aromatic heterocycles. The number of hydrogen-bond acceptors (Lipinski definition) is 2. The summed E-state index contributed by atoms with van der Waals surface area (Å²) in [5.41, 5.74) is -2.37. The van der Waals surface area contributed by atoms with Gasteiger partial charge in [0.1, 0.15) is 5.60 Å². The molecule has 17 heavy (non-hydrogen) atoms. The lowest BCUT2D eigenvalue weighted by atomic mass is 9.88. The van der Waals surface area contributed by atoms with Gasteiger partial charge >= 0.3 is 0 Å². The van der Waals surface area contributed by atoms with E-state index in [0.29, 0.717) is 6.07 Å². The minimum absolute atomic E-state index is 0.0702. The zero-order valence-electron chi connectivity index (χ0n) is 9.56. The highest BCUT2D eigenvalue weighted by molar-refractivity contribution is 6.02. The summed E-state index contributed by atoms with van der Waals surface area (Å²) in [5, 5.41) is 9.90. The average molecular weight is 246 g/mol. The molecule has 0 saturated carbocycles. The highest BCUT2D eigenvalue weighted by Gasteiger charge is 2.35. The van der Waals surface area contributed by atoms with Gasteiger partial charge in [-0.25, -0.2) is 13.2 Å². The quantitative estimate of drug-likeness (QED) is 0.655. The van der Waals surface area contributed by atoms with Crippen molar-refractivity contribution in [1.29, 1.82) is 0 Å². The lowest BCUT2D eigenvalue weighted by Crippen LogP contribution is -2.37. The second-order valence-corrected chi connectivity index (χ2v) is 3.79. The van der Waals surface area contributed by atoms with E-state index in [2.05, 4.69) is 0 Å².